The van der Waals surface area contributed by atoms with Gasteiger partial charge in [0.25, 0.3) is 0 Å². The van der Waals surface area contributed by atoms with Crippen LogP contribution in [0, 0.1) is 18.8 Å². The predicted octanol–water partition coefficient (Wildman–Crippen LogP) is 3.81. The Morgan fingerprint density at radius 3 is 2.45 bits per heavy atom. The fourth-order valence-electron chi connectivity index (χ4n) is 4.60. The molecule has 1 aromatic carbocycles. The Labute approximate surface area is 197 Å². The van der Waals surface area contributed by atoms with Crippen molar-refractivity contribution in [3.05, 3.63) is 42.2 Å². The number of aromatic nitrogens is 2. The van der Waals surface area contributed by atoms with Crippen molar-refractivity contribution < 1.29 is 19.1 Å². The highest BCUT2D eigenvalue weighted by Gasteiger charge is 2.51. The number of ether oxygens (including phenoxy) is 1. The van der Waals surface area contributed by atoms with Gasteiger partial charge in [-0.15, -0.1) is 0 Å². The van der Waals surface area contributed by atoms with Crippen LogP contribution in [0.4, 0.5) is 5.69 Å². The number of benzene rings is 1. The molecule has 1 aliphatic heterocycles. The number of nitrogens with zero attached hydrogens (tertiary/aromatic N) is 3. The summed E-state index contributed by atoms with van der Waals surface area (Å²) < 4.78 is 5.65. The number of carbonyl (C=O) groups excluding carboxylic acids is 3. The van der Waals surface area contributed by atoms with Crippen LogP contribution in [0.15, 0.2) is 36.7 Å². The Hall–Kier alpha value is -2.94. The largest absolute Gasteiger partial charge is 0.424 e. The monoisotopic (exact) mass is 468 g/mol. The minimum absolute atomic E-state index is 0.186. The Morgan fingerprint density at radius 1 is 1.18 bits per heavy atom. The van der Waals surface area contributed by atoms with Crippen molar-refractivity contribution in [2.24, 2.45) is 11.8 Å². The highest BCUT2D eigenvalue weighted by atomic mass is 32.2. The topological polar surface area (TPSA) is 101 Å². The number of carbonyl (C=O) groups is 3. The Bertz CT molecular complexity index is 1010. The summed E-state index contributed by atoms with van der Waals surface area (Å²) in [6.07, 6.45) is 8.93. The van der Waals surface area contributed by atoms with E-state index in [-0.39, 0.29) is 35.6 Å². The molecule has 0 spiro atoms. The number of likely N-dealkylation sites (tertiary alicyclic amines) is 1. The molecule has 9 heteroatoms. The van der Waals surface area contributed by atoms with Gasteiger partial charge in [0.15, 0.2) is 0 Å². The van der Waals surface area contributed by atoms with Gasteiger partial charge in [-0.1, -0.05) is 12.8 Å². The average Bonchev–Trinajstić information content (AvgIpc) is 3.07. The van der Waals surface area contributed by atoms with Crippen LogP contribution in [0.3, 0.4) is 0 Å². The van der Waals surface area contributed by atoms with E-state index < -0.39 is 6.04 Å². The van der Waals surface area contributed by atoms with Gasteiger partial charge < -0.3 is 10.1 Å². The first-order valence-electron chi connectivity index (χ1n) is 11.2. The molecule has 3 amide bonds. The lowest BCUT2D eigenvalue weighted by Crippen LogP contribution is -2.48. The molecule has 4 rings (SSSR count). The normalized spacial score (nSPS) is 21.0. The van der Waals surface area contributed by atoms with Gasteiger partial charge in [0.1, 0.15) is 11.8 Å². The molecule has 1 aliphatic carbocycles. The number of thioether (sulfide) groups is 1. The van der Waals surface area contributed by atoms with Crippen LogP contribution in [0.25, 0.3) is 0 Å². The third-order valence-corrected chi connectivity index (χ3v) is 6.94. The average molecular weight is 469 g/mol. The van der Waals surface area contributed by atoms with Gasteiger partial charge in [0.05, 0.1) is 11.8 Å². The van der Waals surface area contributed by atoms with Gasteiger partial charge in [-0.2, -0.15) is 11.8 Å². The second-order valence-corrected chi connectivity index (χ2v) is 9.43. The molecule has 2 fully saturated rings. The van der Waals surface area contributed by atoms with Crippen molar-refractivity contribution in [1.29, 1.82) is 0 Å². The first kappa shape index (κ1) is 23.2. The highest BCUT2D eigenvalue weighted by Crippen LogP contribution is 2.39. The lowest BCUT2D eigenvalue weighted by Gasteiger charge is -2.26. The summed E-state index contributed by atoms with van der Waals surface area (Å²) in [5, 5.41) is 2.93. The second-order valence-electron chi connectivity index (χ2n) is 8.44. The zero-order chi connectivity index (χ0) is 23.4. The molecule has 1 saturated heterocycles. The molecule has 1 N–H and O–H groups in total. The van der Waals surface area contributed by atoms with Crippen molar-refractivity contribution in [1.82, 2.24) is 14.9 Å². The summed E-state index contributed by atoms with van der Waals surface area (Å²) in [6, 6.07) is 6.37. The standard InChI is InChI=1S/C24H28N4O4S/c1-15-14-16(32-24-25-11-5-12-26-24)8-9-19(15)27-21(29)20(10-13-33-2)28-22(30)17-6-3-4-7-18(17)23(28)31/h5,8-9,11-12,14,17-18,20H,3-4,6-7,10,13H2,1-2H3,(H,27,29). The van der Waals surface area contributed by atoms with Crippen molar-refractivity contribution in [2.75, 3.05) is 17.3 Å². The van der Waals surface area contributed by atoms with E-state index in [0.29, 0.717) is 23.6 Å². The summed E-state index contributed by atoms with van der Waals surface area (Å²) in [5.41, 5.74) is 1.39. The molecule has 1 aromatic heterocycles. The van der Waals surface area contributed by atoms with Gasteiger partial charge in [-0.3, -0.25) is 19.3 Å². The van der Waals surface area contributed by atoms with Crippen LogP contribution in [0.5, 0.6) is 11.8 Å². The third kappa shape index (κ3) is 5.03. The van der Waals surface area contributed by atoms with Crippen molar-refractivity contribution in [3.8, 4) is 11.8 Å². The van der Waals surface area contributed by atoms with Crippen molar-refractivity contribution >= 4 is 35.2 Å². The van der Waals surface area contributed by atoms with E-state index in [2.05, 4.69) is 15.3 Å². The lowest BCUT2D eigenvalue weighted by atomic mass is 9.81. The van der Waals surface area contributed by atoms with Crippen molar-refractivity contribution in [3.63, 3.8) is 0 Å². The molecule has 8 nitrogen and oxygen atoms in total. The summed E-state index contributed by atoms with van der Waals surface area (Å²) in [4.78, 5) is 48.8. The smallest absolute Gasteiger partial charge is 0.321 e. The fourth-order valence-corrected chi connectivity index (χ4v) is 5.06. The van der Waals surface area contributed by atoms with E-state index in [0.717, 1.165) is 31.2 Å². The molecule has 2 aromatic rings. The van der Waals surface area contributed by atoms with E-state index in [9.17, 15) is 14.4 Å². The van der Waals surface area contributed by atoms with Crippen LogP contribution < -0.4 is 10.1 Å². The zero-order valence-electron chi connectivity index (χ0n) is 18.8. The van der Waals surface area contributed by atoms with E-state index in [1.54, 1.807) is 48.4 Å². The number of rotatable bonds is 8. The van der Waals surface area contributed by atoms with Crippen LogP contribution >= 0.6 is 11.8 Å². The van der Waals surface area contributed by atoms with E-state index >= 15 is 0 Å². The second kappa shape index (κ2) is 10.3. The number of nitrogens with one attached hydrogen (secondary N) is 1. The molecule has 174 valence electrons. The molecular formula is C24H28N4O4S. The summed E-state index contributed by atoms with van der Waals surface area (Å²) in [7, 11) is 0. The fraction of sp³-hybridized carbons (Fsp3) is 0.458. The first-order valence-corrected chi connectivity index (χ1v) is 12.6. The molecule has 3 atom stereocenters. The number of hydrogen-bond donors (Lipinski definition) is 1. The summed E-state index contributed by atoms with van der Waals surface area (Å²) in [5.74, 6) is -0.0306. The van der Waals surface area contributed by atoms with E-state index in [1.165, 1.54) is 4.90 Å². The zero-order valence-corrected chi connectivity index (χ0v) is 19.6. The molecule has 0 radical (unpaired) electrons. The number of anilines is 1. The highest BCUT2D eigenvalue weighted by molar-refractivity contribution is 7.98. The molecule has 3 unspecified atom stereocenters. The first-order chi connectivity index (χ1) is 16.0. The summed E-state index contributed by atoms with van der Waals surface area (Å²) in [6.45, 7) is 1.85. The van der Waals surface area contributed by atoms with Gasteiger partial charge >= 0.3 is 6.01 Å². The van der Waals surface area contributed by atoms with Crippen LogP contribution in [-0.2, 0) is 14.4 Å². The molecule has 2 heterocycles. The van der Waals surface area contributed by atoms with E-state index in [1.807, 2.05) is 13.2 Å². The molecule has 0 bridgehead atoms. The predicted molar refractivity (Wildman–Crippen MR) is 126 cm³/mol. The van der Waals surface area contributed by atoms with Crippen LogP contribution in [0.2, 0.25) is 0 Å². The van der Waals surface area contributed by atoms with E-state index in [4.69, 9.17) is 4.74 Å². The maximum absolute atomic E-state index is 13.3. The molecule has 1 saturated carbocycles. The quantitative estimate of drug-likeness (QED) is 0.588. The van der Waals surface area contributed by atoms with Crippen LogP contribution in [0.1, 0.15) is 37.7 Å². The Balaban J connectivity index is 1.50. The number of amides is 3. The number of imide groups is 1. The molecular weight excluding hydrogens is 440 g/mol. The lowest BCUT2D eigenvalue weighted by molar-refractivity contribution is -0.146. The maximum atomic E-state index is 13.3. The number of fused-ring (bicyclic) bond motifs is 1. The minimum Gasteiger partial charge on any atom is -0.424 e. The van der Waals surface area contributed by atoms with Crippen molar-refractivity contribution in [2.45, 2.75) is 45.1 Å². The van der Waals surface area contributed by atoms with Crippen LogP contribution in [-0.4, -0.2) is 50.6 Å². The maximum Gasteiger partial charge on any atom is 0.321 e. The number of hydrogen-bond acceptors (Lipinski definition) is 7. The SMILES string of the molecule is CSCCC(C(=O)Nc1ccc(Oc2ncccn2)cc1C)N1C(=O)C2CCCCC2C1=O. The molecule has 33 heavy (non-hydrogen) atoms. The molecule has 2 aliphatic rings. The third-order valence-electron chi connectivity index (χ3n) is 6.29. The number of aryl methyl sites for hydroxylation is 1. The van der Waals surface area contributed by atoms with Gasteiger partial charge in [-0.25, -0.2) is 9.97 Å². The Morgan fingerprint density at radius 2 is 1.85 bits per heavy atom. The van der Waals surface area contributed by atoms with Gasteiger partial charge in [0.2, 0.25) is 17.7 Å². The van der Waals surface area contributed by atoms with Gasteiger partial charge in [-0.05, 0) is 68.0 Å². The Kier molecular flexibility index (Phi) is 7.27. The summed E-state index contributed by atoms with van der Waals surface area (Å²) >= 11 is 1.59. The van der Waals surface area contributed by atoms with Gasteiger partial charge in [0, 0.05) is 18.1 Å². The minimum atomic E-state index is -0.809.